The van der Waals surface area contributed by atoms with Crippen molar-refractivity contribution in [2.45, 2.75) is 12.5 Å². The number of rotatable bonds is 5. The summed E-state index contributed by atoms with van der Waals surface area (Å²) >= 11 is 1.46. The van der Waals surface area contributed by atoms with Crippen molar-refractivity contribution in [2.24, 2.45) is 0 Å². The predicted octanol–water partition coefficient (Wildman–Crippen LogP) is 1.83. The Balaban J connectivity index is 2.13. The molecule has 1 N–H and O–H groups in total. The van der Waals surface area contributed by atoms with Gasteiger partial charge in [-0.15, -0.1) is 11.3 Å². The van der Waals surface area contributed by atoms with E-state index in [1.165, 1.54) is 17.7 Å². The van der Waals surface area contributed by atoms with Crippen LogP contribution >= 0.6 is 11.3 Å². The lowest BCUT2D eigenvalue weighted by molar-refractivity contribution is 0.177. The van der Waals surface area contributed by atoms with Crippen molar-refractivity contribution in [3.05, 3.63) is 34.4 Å². The number of hydrogen-bond acceptors (Lipinski definition) is 6. The first-order valence-electron chi connectivity index (χ1n) is 5.39. The van der Waals surface area contributed by atoms with Gasteiger partial charge in [-0.1, -0.05) is 0 Å². The molecule has 2 heterocycles. The SMILES string of the molecule is COc1cc(CC(O)c2sccc2OC)ncn1. The fourth-order valence-electron chi connectivity index (χ4n) is 1.61. The molecule has 5 nitrogen and oxygen atoms in total. The molecule has 0 bridgehead atoms. The number of methoxy groups -OCH3 is 2. The first-order chi connectivity index (χ1) is 8.74. The van der Waals surface area contributed by atoms with Crippen molar-refractivity contribution >= 4 is 11.3 Å². The molecule has 0 spiro atoms. The highest BCUT2D eigenvalue weighted by Crippen LogP contribution is 2.32. The third-order valence-corrected chi connectivity index (χ3v) is 3.49. The van der Waals surface area contributed by atoms with E-state index in [2.05, 4.69) is 9.97 Å². The molecule has 1 unspecified atom stereocenters. The van der Waals surface area contributed by atoms with Gasteiger partial charge in [-0.25, -0.2) is 9.97 Å². The molecular formula is C12H14N2O3S. The quantitative estimate of drug-likeness (QED) is 0.894. The minimum Gasteiger partial charge on any atom is -0.495 e. The minimum absolute atomic E-state index is 0.399. The van der Waals surface area contributed by atoms with E-state index in [-0.39, 0.29) is 0 Å². The average molecular weight is 266 g/mol. The molecule has 0 saturated heterocycles. The summed E-state index contributed by atoms with van der Waals surface area (Å²) in [6.07, 6.45) is 1.18. The van der Waals surface area contributed by atoms with Gasteiger partial charge in [-0.3, -0.25) is 0 Å². The molecule has 96 valence electrons. The van der Waals surface area contributed by atoms with Gasteiger partial charge in [0.25, 0.3) is 0 Å². The van der Waals surface area contributed by atoms with E-state index in [0.717, 1.165) is 10.6 Å². The lowest BCUT2D eigenvalue weighted by atomic mass is 10.1. The highest BCUT2D eigenvalue weighted by atomic mass is 32.1. The Hall–Kier alpha value is -1.66. The Morgan fingerprint density at radius 1 is 1.33 bits per heavy atom. The van der Waals surface area contributed by atoms with E-state index in [4.69, 9.17) is 9.47 Å². The van der Waals surface area contributed by atoms with Gasteiger partial charge in [0, 0.05) is 12.5 Å². The second-order valence-corrected chi connectivity index (χ2v) is 4.57. The Morgan fingerprint density at radius 2 is 2.17 bits per heavy atom. The van der Waals surface area contributed by atoms with Gasteiger partial charge in [-0.05, 0) is 11.4 Å². The molecular weight excluding hydrogens is 252 g/mol. The number of thiophene rings is 1. The molecule has 0 aromatic carbocycles. The van der Waals surface area contributed by atoms with Crippen molar-refractivity contribution in [2.75, 3.05) is 14.2 Å². The minimum atomic E-state index is -0.639. The number of hydrogen-bond donors (Lipinski definition) is 1. The van der Waals surface area contributed by atoms with Crippen LogP contribution in [-0.2, 0) is 6.42 Å². The summed E-state index contributed by atoms with van der Waals surface area (Å²) in [5, 5.41) is 12.1. The summed E-state index contributed by atoms with van der Waals surface area (Å²) in [5.74, 6) is 1.19. The maximum atomic E-state index is 10.2. The second kappa shape index (κ2) is 5.79. The standard InChI is InChI=1S/C12H14N2O3S/c1-16-10-3-4-18-12(10)9(15)5-8-6-11(17-2)14-7-13-8/h3-4,6-7,9,15H,5H2,1-2H3. The van der Waals surface area contributed by atoms with E-state index in [9.17, 15) is 5.11 Å². The monoisotopic (exact) mass is 266 g/mol. The lowest BCUT2D eigenvalue weighted by Crippen LogP contribution is -2.04. The third kappa shape index (κ3) is 2.77. The lowest BCUT2D eigenvalue weighted by Gasteiger charge is -2.10. The van der Waals surface area contributed by atoms with Gasteiger partial charge in [0.2, 0.25) is 5.88 Å². The largest absolute Gasteiger partial charge is 0.495 e. The Kier molecular flexibility index (Phi) is 4.11. The zero-order valence-electron chi connectivity index (χ0n) is 10.2. The van der Waals surface area contributed by atoms with Crippen molar-refractivity contribution in [1.29, 1.82) is 0 Å². The summed E-state index contributed by atoms with van der Waals surface area (Å²) in [7, 11) is 3.14. The van der Waals surface area contributed by atoms with E-state index < -0.39 is 6.10 Å². The van der Waals surface area contributed by atoms with Crippen LogP contribution in [0.25, 0.3) is 0 Å². The van der Waals surface area contributed by atoms with E-state index in [1.807, 2.05) is 11.4 Å². The Bertz CT molecular complexity index is 516. The second-order valence-electron chi connectivity index (χ2n) is 3.62. The summed E-state index contributed by atoms with van der Waals surface area (Å²) in [4.78, 5) is 8.83. The molecule has 0 aliphatic rings. The van der Waals surface area contributed by atoms with Crippen LogP contribution in [0.3, 0.4) is 0 Å². The number of nitrogens with zero attached hydrogens (tertiary/aromatic N) is 2. The molecule has 0 radical (unpaired) electrons. The van der Waals surface area contributed by atoms with Crippen molar-refractivity contribution in [3.8, 4) is 11.6 Å². The molecule has 2 aromatic heterocycles. The van der Waals surface area contributed by atoms with Gasteiger partial charge < -0.3 is 14.6 Å². The third-order valence-electron chi connectivity index (χ3n) is 2.49. The highest BCUT2D eigenvalue weighted by Gasteiger charge is 2.16. The molecule has 18 heavy (non-hydrogen) atoms. The molecule has 0 fully saturated rings. The molecule has 0 aliphatic heterocycles. The summed E-state index contributed by atoms with van der Waals surface area (Å²) in [6, 6.07) is 3.55. The van der Waals surface area contributed by atoms with Crippen LogP contribution in [0.2, 0.25) is 0 Å². The molecule has 6 heteroatoms. The van der Waals surface area contributed by atoms with Gasteiger partial charge in [0.15, 0.2) is 0 Å². The van der Waals surface area contributed by atoms with E-state index in [0.29, 0.717) is 18.1 Å². The fourth-order valence-corrected chi connectivity index (χ4v) is 2.46. The number of aromatic nitrogens is 2. The molecule has 2 aromatic rings. The molecule has 2 rings (SSSR count). The van der Waals surface area contributed by atoms with Crippen LogP contribution in [0.15, 0.2) is 23.8 Å². The Labute approximate surface area is 109 Å². The number of aliphatic hydroxyl groups is 1. The predicted molar refractivity (Wildman–Crippen MR) is 68.1 cm³/mol. The first-order valence-corrected chi connectivity index (χ1v) is 6.27. The summed E-state index contributed by atoms with van der Waals surface area (Å²) in [6.45, 7) is 0. The van der Waals surface area contributed by atoms with Crippen LogP contribution in [0.4, 0.5) is 0 Å². The smallest absolute Gasteiger partial charge is 0.216 e. The number of ether oxygens (including phenoxy) is 2. The van der Waals surface area contributed by atoms with Crippen LogP contribution < -0.4 is 9.47 Å². The summed E-state index contributed by atoms with van der Waals surface area (Å²) < 4.78 is 10.2. The molecule has 0 amide bonds. The molecule has 0 aliphatic carbocycles. The van der Waals surface area contributed by atoms with Crippen LogP contribution in [0.1, 0.15) is 16.7 Å². The zero-order valence-corrected chi connectivity index (χ0v) is 11.0. The molecule has 1 atom stereocenters. The topological polar surface area (TPSA) is 64.5 Å². The first kappa shape index (κ1) is 12.8. The van der Waals surface area contributed by atoms with Gasteiger partial charge >= 0.3 is 0 Å². The van der Waals surface area contributed by atoms with Crippen LogP contribution in [0.5, 0.6) is 11.6 Å². The van der Waals surface area contributed by atoms with Gasteiger partial charge in [0.1, 0.15) is 12.1 Å². The van der Waals surface area contributed by atoms with E-state index >= 15 is 0 Å². The Morgan fingerprint density at radius 3 is 2.89 bits per heavy atom. The highest BCUT2D eigenvalue weighted by molar-refractivity contribution is 7.10. The van der Waals surface area contributed by atoms with Crippen molar-refractivity contribution in [1.82, 2.24) is 9.97 Å². The van der Waals surface area contributed by atoms with Crippen LogP contribution in [-0.4, -0.2) is 29.3 Å². The van der Waals surface area contributed by atoms with Gasteiger partial charge in [0.05, 0.1) is 30.9 Å². The van der Waals surface area contributed by atoms with Crippen molar-refractivity contribution < 1.29 is 14.6 Å². The zero-order chi connectivity index (χ0) is 13.0. The maximum absolute atomic E-state index is 10.2. The summed E-state index contributed by atoms with van der Waals surface area (Å²) in [5.41, 5.74) is 0.727. The average Bonchev–Trinajstić information content (AvgIpc) is 2.87. The molecule has 0 saturated carbocycles. The van der Waals surface area contributed by atoms with Crippen LogP contribution in [0, 0.1) is 0 Å². The number of aliphatic hydroxyl groups excluding tert-OH is 1. The van der Waals surface area contributed by atoms with Gasteiger partial charge in [-0.2, -0.15) is 0 Å². The fraction of sp³-hybridized carbons (Fsp3) is 0.333. The van der Waals surface area contributed by atoms with E-state index in [1.54, 1.807) is 20.3 Å². The normalized spacial score (nSPS) is 12.2. The maximum Gasteiger partial charge on any atom is 0.216 e. The van der Waals surface area contributed by atoms with Crippen molar-refractivity contribution in [3.63, 3.8) is 0 Å².